The van der Waals surface area contributed by atoms with Gasteiger partial charge in [0, 0.05) is 18.0 Å². The van der Waals surface area contributed by atoms with Crippen LogP contribution in [0, 0.1) is 11.8 Å². The number of allylic oxidation sites excluding steroid dienone is 2. The van der Waals surface area contributed by atoms with Crippen molar-refractivity contribution in [3.63, 3.8) is 0 Å². The predicted octanol–water partition coefficient (Wildman–Crippen LogP) is 3.23. The van der Waals surface area contributed by atoms with Crippen LogP contribution in [0.1, 0.15) is 19.3 Å². The zero-order valence-electron chi connectivity index (χ0n) is 13.8. The van der Waals surface area contributed by atoms with Gasteiger partial charge < -0.3 is 5.32 Å². The number of amides is 3. The SMILES string of the molecule is O=C(CCN1C(=O)C2CC=CCC2C1=O)Nc1nc2ccc(Cl)cc2s1. The number of likely N-dealkylation sites (tertiary alicyclic amines) is 1. The Morgan fingerprint density at radius 3 is 2.62 bits per heavy atom. The molecule has 3 amide bonds. The standard InChI is InChI=1S/C18H16ClN3O3S/c19-10-5-6-13-14(9-10)26-18(20-13)21-15(23)7-8-22-16(24)11-3-1-2-4-12(11)17(22)25/h1-2,5-6,9,11-12H,3-4,7-8H2,(H,20,21,23). The van der Waals surface area contributed by atoms with E-state index in [0.29, 0.717) is 23.0 Å². The summed E-state index contributed by atoms with van der Waals surface area (Å²) in [5.74, 6) is -1.11. The normalized spacial score (nSPS) is 22.1. The lowest BCUT2D eigenvalue weighted by molar-refractivity contribution is -0.140. The van der Waals surface area contributed by atoms with Crippen molar-refractivity contribution in [2.45, 2.75) is 19.3 Å². The summed E-state index contributed by atoms with van der Waals surface area (Å²) in [7, 11) is 0. The first-order valence-corrected chi connectivity index (χ1v) is 9.58. The maximum Gasteiger partial charge on any atom is 0.233 e. The molecule has 4 rings (SSSR count). The second kappa shape index (κ2) is 6.81. The van der Waals surface area contributed by atoms with E-state index >= 15 is 0 Å². The highest BCUT2D eigenvalue weighted by atomic mass is 35.5. The van der Waals surface area contributed by atoms with Crippen LogP contribution in [0.5, 0.6) is 0 Å². The molecule has 0 bridgehead atoms. The lowest BCUT2D eigenvalue weighted by Crippen LogP contribution is -2.34. The van der Waals surface area contributed by atoms with Gasteiger partial charge in [0.25, 0.3) is 0 Å². The summed E-state index contributed by atoms with van der Waals surface area (Å²) < 4.78 is 0.884. The van der Waals surface area contributed by atoms with Gasteiger partial charge >= 0.3 is 0 Å². The molecule has 2 aromatic rings. The zero-order valence-corrected chi connectivity index (χ0v) is 15.3. The average Bonchev–Trinajstić information content (AvgIpc) is 3.12. The van der Waals surface area contributed by atoms with Crippen molar-refractivity contribution < 1.29 is 14.4 Å². The molecule has 2 unspecified atom stereocenters. The molecule has 1 aromatic heterocycles. The van der Waals surface area contributed by atoms with Crippen molar-refractivity contribution in [1.29, 1.82) is 0 Å². The molecular formula is C18H16ClN3O3S. The van der Waals surface area contributed by atoms with Gasteiger partial charge in [-0.15, -0.1) is 0 Å². The molecule has 0 saturated carbocycles. The van der Waals surface area contributed by atoms with Gasteiger partial charge in [-0.1, -0.05) is 35.1 Å². The van der Waals surface area contributed by atoms with E-state index in [4.69, 9.17) is 11.6 Å². The van der Waals surface area contributed by atoms with Crippen molar-refractivity contribution in [3.8, 4) is 0 Å². The van der Waals surface area contributed by atoms with E-state index in [1.165, 1.54) is 16.2 Å². The third kappa shape index (κ3) is 3.12. The van der Waals surface area contributed by atoms with E-state index in [2.05, 4.69) is 10.3 Å². The number of nitrogens with one attached hydrogen (secondary N) is 1. The second-order valence-electron chi connectivity index (χ2n) is 6.41. The van der Waals surface area contributed by atoms with Crippen LogP contribution in [0.15, 0.2) is 30.4 Å². The van der Waals surface area contributed by atoms with Crippen LogP contribution in [0.4, 0.5) is 5.13 Å². The number of rotatable bonds is 4. The van der Waals surface area contributed by atoms with Crippen LogP contribution in [0.25, 0.3) is 10.2 Å². The smallest absolute Gasteiger partial charge is 0.233 e. The van der Waals surface area contributed by atoms with Crippen molar-refractivity contribution in [2.75, 3.05) is 11.9 Å². The minimum atomic E-state index is -0.274. The van der Waals surface area contributed by atoms with Crippen LogP contribution in [-0.4, -0.2) is 34.2 Å². The molecule has 0 radical (unpaired) electrons. The first-order valence-electron chi connectivity index (χ1n) is 8.39. The Bertz CT molecular complexity index is 913. The van der Waals surface area contributed by atoms with Gasteiger partial charge in [0.15, 0.2) is 5.13 Å². The van der Waals surface area contributed by atoms with Crippen LogP contribution >= 0.6 is 22.9 Å². The largest absolute Gasteiger partial charge is 0.302 e. The highest BCUT2D eigenvalue weighted by Gasteiger charge is 2.46. The van der Waals surface area contributed by atoms with E-state index in [0.717, 1.165) is 10.2 Å². The monoisotopic (exact) mass is 389 g/mol. The fourth-order valence-electron chi connectivity index (χ4n) is 3.44. The quantitative estimate of drug-likeness (QED) is 0.643. The van der Waals surface area contributed by atoms with Gasteiger partial charge in [-0.05, 0) is 31.0 Å². The highest BCUT2D eigenvalue weighted by Crippen LogP contribution is 2.35. The fourth-order valence-corrected chi connectivity index (χ4v) is 4.59. The van der Waals surface area contributed by atoms with Crippen LogP contribution in [0.2, 0.25) is 5.02 Å². The maximum absolute atomic E-state index is 12.4. The van der Waals surface area contributed by atoms with E-state index < -0.39 is 0 Å². The third-order valence-electron chi connectivity index (χ3n) is 4.76. The van der Waals surface area contributed by atoms with E-state index in [9.17, 15) is 14.4 Å². The molecule has 1 aliphatic carbocycles. The molecule has 8 heteroatoms. The van der Waals surface area contributed by atoms with Crippen molar-refractivity contribution in [1.82, 2.24) is 9.88 Å². The Hall–Kier alpha value is -2.25. The number of hydrogen-bond donors (Lipinski definition) is 1. The van der Waals surface area contributed by atoms with Gasteiger partial charge in [-0.2, -0.15) is 0 Å². The number of fused-ring (bicyclic) bond motifs is 2. The summed E-state index contributed by atoms with van der Waals surface area (Å²) in [4.78, 5) is 42.6. The zero-order chi connectivity index (χ0) is 18.3. The lowest BCUT2D eigenvalue weighted by Gasteiger charge is -2.14. The molecule has 1 fully saturated rings. The number of anilines is 1. The first kappa shape index (κ1) is 17.2. The summed E-state index contributed by atoms with van der Waals surface area (Å²) in [5, 5.41) is 3.82. The minimum absolute atomic E-state index is 0.0566. The van der Waals surface area contributed by atoms with Gasteiger partial charge in [0.1, 0.15) is 0 Å². The summed E-state index contributed by atoms with van der Waals surface area (Å²) in [5.41, 5.74) is 0.760. The number of aromatic nitrogens is 1. The van der Waals surface area contributed by atoms with E-state index in [1.54, 1.807) is 18.2 Å². The molecule has 0 spiro atoms. The Labute approximate surface area is 158 Å². The molecule has 26 heavy (non-hydrogen) atoms. The van der Waals surface area contributed by atoms with Crippen molar-refractivity contribution in [3.05, 3.63) is 35.4 Å². The Kier molecular flexibility index (Phi) is 4.50. The van der Waals surface area contributed by atoms with Gasteiger partial charge in [-0.25, -0.2) is 4.98 Å². The first-order chi connectivity index (χ1) is 12.5. The van der Waals surface area contributed by atoms with Gasteiger partial charge in [0.2, 0.25) is 17.7 Å². The van der Waals surface area contributed by atoms with Gasteiger partial charge in [-0.3, -0.25) is 19.3 Å². The summed E-state index contributed by atoms with van der Waals surface area (Å²) >= 11 is 7.29. The van der Waals surface area contributed by atoms with Crippen LogP contribution in [0.3, 0.4) is 0 Å². The number of nitrogens with zero attached hydrogens (tertiary/aromatic N) is 2. The molecule has 6 nitrogen and oxygen atoms in total. The third-order valence-corrected chi connectivity index (χ3v) is 5.93. The molecular weight excluding hydrogens is 374 g/mol. The molecule has 2 atom stereocenters. The second-order valence-corrected chi connectivity index (χ2v) is 7.88. The molecule has 1 N–H and O–H groups in total. The van der Waals surface area contributed by atoms with E-state index in [-0.39, 0.29) is 42.5 Å². The molecule has 1 aromatic carbocycles. The number of benzene rings is 1. The number of carbonyl (C=O) groups excluding carboxylic acids is 3. The van der Waals surface area contributed by atoms with Crippen molar-refractivity contribution in [2.24, 2.45) is 11.8 Å². The minimum Gasteiger partial charge on any atom is -0.302 e. The summed E-state index contributed by atoms with van der Waals surface area (Å²) in [6.07, 6.45) is 5.16. The number of hydrogen-bond acceptors (Lipinski definition) is 5. The Morgan fingerprint density at radius 2 is 1.92 bits per heavy atom. The number of carbonyl (C=O) groups is 3. The molecule has 1 saturated heterocycles. The Balaban J connectivity index is 1.37. The summed E-state index contributed by atoms with van der Waals surface area (Å²) in [6.45, 7) is 0.104. The Morgan fingerprint density at radius 1 is 1.23 bits per heavy atom. The molecule has 1 aliphatic heterocycles. The van der Waals surface area contributed by atoms with Crippen LogP contribution in [-0.2, 0) is 14.4 Å². The van der Waals surface area contributed by atoms with Crippen LogP contribution < -0.4 is 5.32 Å². The van der Waals surface area contributed by atoms with Crippen molar-refractivity contribution >= 4 is 56.0 Å². The molecule has 2 aliphatic rings. The highest BCUT2D eigenvalue weighted by molar-refractivity contribution is 7.22. The topological polar surface area (TPSA) is 79.4 Å². The fraction of sp³-hybridized carbons (Fsp3) is 0.333. The average molecular weight is 390 g/mol. The number of imide groups is 1. The predicted molar refractivity (Wildman–Crippen MR) is 100.0 cm³/mol. The van der Waals surface area contributed by atoms with Gasteiger partial charge in [0.05, 0.1) is 22.1 Å². The van der Waals surface area contributed by atoms with E-state index in [1.807, 2.05) is 12.2 Å². The number of thiazole rings is 1. The molecule has 2 heterocycles. The molecule has 134 valence electrons. The lowest BCUT2D eigenvalue weighted by atomic mass is 9.85. The number of halogens is 1. The maximum atomic E-state index is 12.4. The summed E-state index contributed by atoms with van der Waals surface area (Å²) in [6, 6.07) is 5.33.